The third-order valence-electron chi connectivity index (χ3n) is 5.08. The van der Waals surface area contributed by atoms with Crippen LogP contribution in [0.4, 0.5) is 0 Å². The van der Waals surface area contributed by atoms with Crippen LogP contribution < -0.4 is 15.3 Å². The fourth-order valence-electron chi connectivity index (χ4n) is 3.77. The summed E-state index contributed by atoms with van der Waals surface area (Å²) in [7, 11) is 0. The van der Waals surface area contributed by atoms with Crippen LogP contribution in [0, 0.1) is 0 Å². The van der Waals surface area contributed by atoms with Crippen LogP contribution in [-0.2, 0) is 13.1 Å². The topological polar surface area (TPSA) is 43.9 Å². The minimum absolute atomic E-state index is 0.309. The van der Waals surface area contributed by atoms with Gasteiger partial charge in [-0.2, -0.15) is 0 Å². The molecule has 0 radical (unpaired) electrons. The van der Waals surface area contributed by atoms with E-state index in [1.807, 2.05) is 54.6 Å². The summed E-state index contributed by atoms with van der Waals surface area (Å²) < 4.78 is 11.7. The van der Waals surface area contributed by atoms with E-state index in [1.165, 1.54) is 10.5 Å². The third-order valence-corrected chi connectivity index (χ3v) is 5.33. The van der Waals surface area contributed by atoms with Crippen LogP contribution in [0.3, 0.4) is 0 Å². The van der Waals surface area contributed by atoms with Gasteiger partial charge in [-0.05, 0) is 35.7 Å². The Morgan fingerprint density at radius 3 is 2.52 bits per heavy atom. The smallest absolute Gasteiger partial charge is 0.344 e. The van der Waals surface area contributed by atoms with Crippen LogP contribution in [0.25, 0.3) is 21.7 Å². The van der Waals surface area contributed by atoms with Gasteiger partial charge in [-0.15, -0.1) is 0 Å². The van der Waals surface area contributed by atoms with Gasteiger partial charge in [-0.3, -0.25) is 4.90 Å². The third kappa shape index (κ3) is 2.87. The van der Waals surface area contributed by atoms with E-state index in [0.717, 1.165) is 40.2 Å². The van der Waals surface area contributed by atoms with Gasteiger partial charge in [0.2, 0.25) is 6.73 Å². The normalized spacial score (nSPS) is 16.3. The number of quaternary nitrogens is 1. The lowest BCUT2D eigenvalue weighted by molar-refractivity contribution is -0.945. The largest absolute Gasteiger partial charge is 0.445 e. The molecule has 4 nitrogen and oxygen atoms in total. The summed E-state index contributed by atoms with van der Waals surface area (Å²) in [4.78, 5) is 13.7. The zero-order valence-electron chi connectivity index (χ0n) is 14.5. The highest BCUT2D eigenvalue weighted by Gasteiger charge is 2.25. The maximum atomic E-state index is 12.5. The zero-order valence-corrected chi connectivity index (χ0v) is 15.3. The number of benzene rings is 3. The molecule has 2 heterocycles. The molecule has 0 saturated carbocycles. The zero-order chi connectivity index (χ0) is 18.4. The van der Waals surface area contributed by atoms with Crippen LogP contribution >= 0.6 is 11.6 Å². The first kappa shape index (κ1) is 16.4. The van der Waals surface area contributed by atoms with Crippen molar-refractivity contribution in [3.8, 4) is 5.75 Å². The number of halogens is 1. The molecule has 1 aliphatic heterocycles. The number of ether oxygens (including phenoxy) is 1. The second-order valence-electron chi connectivity index (χ2n) is 6.87. The second kappa shape index (κ2) is 6.41. The van der Waals surface area contributed by atoms with Crippen molar-refractivity contribution in [3.63, 3.8) is 0 Å². The van der Waals surface area contributed by atoms with Gasteiger partial charge >= 0.3 is 5.63 Å². The molecular weight excluding hydrogens is 362 g/mol. The Labute approximate surface area is 160 Å². The SMILES string of the molecule is O=c1oc2c3c(ccc2c2ccccc12)OC[NH+](Cc1ccc(Cl)cc1)C3. The molecule has 134 valence electrons. The summed E-state index contributed by atoms with van der Waals surface area (Å²) in [6.07, 6.45) is 0. The van der Waals surface area contributed by atoms with Crippen molar-refractivity contribution in [2.75, 3.05) is 6.73 Å². The van der Waals surface area contributed by atoms with Gasteiger partial charge in [0.25, 0.3) is 0 Å². The predicted molar refractivity (Wildman–Crippen MR) is 105 cm³/mol. The number of rotatable bonds is 2. The maximum absolute atomic E-state index is 12.5. The van der Waals surface area contributed by atoms with Crippen molar-refractivity contribution in [1.29, 1.82) is 0 Å². The molecule has 0 fully saturated rings. The number of hydrogen-bond donors (Lipinski definition) is 1. The molecule has 27 heavy (non-hydrogen) atoms. The van der Waals surface area contributed by atoms with E-state index in [1.54, 1.807) is 6.07 Å². The van der Waals surface area contributed by atoms with Crippen molar-refractivity contribution in [2.45, 2.75) is 13.1 Å². The van der Waals surface area contributed by atoms with Gasteiger partial charge in [0.15, 0.2) is 5.58 Å². The van der Waals surface area contributed by atoms with Crippen molar-refractivity contribution in [2.24, 2.45) is 0 Å². The van der Waals surface area contributed by atoms with Crippen LogP contribution in [0.5, 0.6) is 5.75 Å². The van der Waals surface area contributed by atoms with Crippen LogP contribution in [0.2, 0.25) is 5.02 Å². The van der Waals surface area contributed by atoms with Gasteiger partial charge in [0.1, 0.15) is 18.8 Å². The average molecular weight is 379 g/mol. The van der Waals surface area contributed by atoms with Gasteiger partial charge in [-0.25, -0.2) is 4.79 Å². The van der Waals surface area contributed by atoms with Crippen LogP contribution in [0.15, 0.2) is 69.9 Å². The molecule has 1 aromatic heterocycles. The monoisotopic (exact) mass is 378 g/mol. The molecule has 4 aromatic rings. The fraction of sp³-hybridized carbons (Fsp3) is 0.136. The Bertz CT molecular complexity index is 1210. The molecular formula is C22H17ClNO3+. The van der Waals surface area contributed by atoms with Gasteiger partial charge in [0.05, 0.1) is 10.9 Å². The molecule has 3 aromatic carbocycles. The molecule has 0 aliphatic carbocycles. The van der Waals surface area contributed by atoms with Crippen LogP contribution in [0.1, 0.15) is 11.1 Å². The number of fused-ring (bicyclic) bond motifs is 5. The van der Waals surface area contributed by atoms with Crippen molar-refractivity contribution in [1.82, 2.24) is 0 Å². The molecule has 1 N–H and O–H groups in total. The summed E-state index contributed by atoms with van der Waals surface area (Å²) >= 11 is 5.98. The average Bonchev–Trinajstić information content (AvgIpc) is 2.70. The Morgan fingerprint density at radius 1 is 0.926 bits per heavy atom. The Balaban J connectivity index is 1.58. The van der Waals surface area contributed by atoms with Crippen molar-refractivity contribution >= 4 is 33.3 Å². The molecule has 5 rings (SSSR count). The van der Waals surface area contributed by atoms with Crippen molar-refractivity contribution < 1.29 is 14.1 Å². The first-order valence-corrected chi connectivity index (χ1v) is 9.25. The summed E-state index contributed by atoms with van der Waals surface area (Å²) in [5.41, 5.74) is 2.46. The Hall–Kier alpha value is -2.82. The van der Waals surface area contributed by atoms with Gasteiger partial charge < -0.3 is 9.15 Å². The standard InChI is InChI=1S/C22H16ClNO3/c23-15-7-5-14(6-8-15)11-24-12-19-20(26-13-24)10-9-17-16-3-1-2-4-18(16)22(25)27-21(17)19/h1-10H,11-13H2/p+1. The molecule has 1 aliphatic rings. The number of nitrogens with one attached hydrogen (secondary N) is 1. The Morgan fingerprint density at radius 2 is 1.70 bits per heavy atom. The van der Waals surface area contributed by atoms with Crippen LogP contribution in [-0.4, -0.2) is 6.73 Å². The summed E-state index contributed by atoms with van der Waals surface area (Å²) in [6.45, 7) is 2.11. The highest BCUT2D eigenvalue weighted by molar-refractivity contribution is 6.30. The lowest BCUT2D eigenvalue weighted by Crippen LogP contribution is -3.10. The molecule has 5 heteroatoms. The fourth-order valence-corrected chi connectivity index (χ4v) is 3.90. The first-order valence-electron chi connectivity index (χ1n) is 8.87. The van der Waals surface area contributed by atoms with E-state index in [9.17, 15) is 4.79 Å². The molecule has 0 saturated heterocycles. The molecule has 0 amide bonds. The maximum Gasteiger partial charge on any atom is 0.344 e. The molecule has 1 unspecified atom stereocenters. The van der Waals surface area contributed by atoms with Gasteiger partial charge in [-0.1, -0.05) is 41.9 Å². The first-order chi connectivity index (χ1) is 13.2. The summed E-state index contributed by atoms with van der Waals surface area (Å²) in [6, 6.07) is 19.4. The summed E-state index contributed by atoms with van der Waals surface area (Å²) in [5.74, 6) is 0.792. The lowest BCUT2D eigenvalue weighted by atomic mass is 10.0. The predicted octanol–water partition coefficient (Wildman–Crippen LogP) is 3.53. The highest BCUT2D eigenvalue weighted by atomic mass is 35.5. The second-order valence-corrected chi connectivity index (χ2v) is 7.31. The minimum Gasteiger partial charge on any atom is -0.445 e. The lowest BCUT2D eigenvalue weighted by Gasteiger charge is -2.26. The van der Waals surface area contributed by atoms with E-state index in [4.69, 9.17) is 20.8 Å². The highest BCUT2D eigenvalue weighted by Crippen LogP contribution is 2.32. The summed E-state index contributed by atoms with van der Waals surface area (Å²) in [5, 5.41) is 3.19. The van der Waals surface area contributed by atoms with E-state index in [-0.39, 0.29) is 5.63 Å². The van der Waals surface area contributed by atoms with E-state index in [0.29, 0.717) is 17.7 Å². The van der Waals surface area contributed by atoms with E-state index >= 15 is 0 Å². The Kier molecular flexibility index (Phi) is 3.88. The molecule has 0 spiro atoms. The van der Waals surface area contributed by atoms with Gasteiger partial charge in [0, 0.05) is 16.0 Å². The van der Waals surface area contributed by atoms with E-state index < -0.39 is 0 Å². The molecule has 0 bridgehead atoms. The quantitative estimate of drug-likeness (QED) is 0.428. The molecule has 1 atom stereocenters. The minimum atomic E-state index is -0.309. The van der Waals surface area contributed by atoms with Crippen molar-refractivity contribution in [3.05, 3.63) is 87.2 Å². The number of hydrogen-bond acceptors (Lipinski definition) is 3. The van der Waals surface area contributed by atoms with E-state index in [2.05, 4.69) is 0 Å².